The molecule has 7 heteroatoms. The fourth-order valence-corrected chi connectivity index (χ4v) is 2.83. The van der Waals surface area contributed by atoms with Gasteiger partial charge in [0.1, 0.15) is 17.6 Å². The van der Waals surface area contributed by atoms with Crippen LogP contribution in [0, 0.1) is 28.1 Å². The molecule has 2 aromatic carbocycles. The molecule has 0 amide bonds. The first-order valence-corrected chi connectivity index (χ1v) is 8.64. The highest BCUT2D eigenvalue weighted by Gasteiger charge is 2.23. The number of nitrogens with zero attached hydrogens (tertiary/aromatic N) is 3. The van der Waals surface area contributed by atoms with Crippen molar-refractivity contribution in [3.05, 3.63) is 71.4 Å². The summed E-state index contributed by atoms with van der Waals surface area (Å²) in [6, 6.07) is 19.9. The normalized spacial score (nSPS) is 9.90. The van der Waals surface area contributed by atoms with Gasteiger partial charge >= 0.3 is 0 Å². The minimum atomic E-state index is -0.251. The minimum Gasteiger partial charge on any atom is -0.497 e. The maximum atomic E-state index is 9.54. The van der Waals surface area contributed by atoms with E-state index in [-0.39, 0.29) is 34.8 Å². The van der Waals surface area contributed by atoms with Crippen molar-refractivity contribution in [2.75, 3.05) is 12.8 Å². The van der Waals surface area contributed by atoms with Crippen molar-refractivity contribution in [1.82, 2.24) is 4.98 Å². The number of nitrogens with two attached hydrogens (primary N) is 1. The molecule has 0 bridgehead atoms. The molecule has 0 saturated heterocycles. The van der Waals surface area contributed by atoms with E-state index in [0.29, 0.717) is 22.8 Å². The monoisotopic (exact) mass is 383 g/mol. The van der Waals surface area contributed by atoms with Crippen molar-refractivity contribution >= 4 is 11.6 Å². The van der Waals surface area contributed by atoms with Gasteiger partial charge in [0, 0.05) is 5.56 Å². The first kappa shape index (κ1) is 19.4. The second-order valence-electron chi connectivity index (χ2n) is 5.99. The molecule has 3 rings (SSSR count). The van der Waals surface area contributed by atoms with Crippen LogP contribution in [0.4, 0.5) is 5.69 Å². The number of hydrogen-bond acceptors (Lipinski definition) is 7. The van der Waals surface area contributed by atoms with Crippen molar-refractivity contribution in [1.29, 1.82) is 15.9 Å². The van der Waals surface area contributed by atoms with E-state index in [2.05, 4.69) is 4.98 Å². The summed E-state index contributed by atoms with van der Waals surface area (Å²) in [5.74, 6) is 0.815. The van der Waals surface area contributed by atoms with E-state index in [9.17, 15) is 5.26 Å². The molecule has 0 spiro atoms. The Balaban J connectivity index is 2.13. The molecule has 3 aromatic rings. The van der Waals surface area contributed by atoms with Crippen LogP contribution in [-0.2, 0) is 6.42 Å². The lowest BCUT2D eigenvalue weighted by atomic mass is 9.99. The van der Waals surface area contributed by atoms with Crippen LogP contribution in [0.2, 0.25) is 0 Å². The third kappa shape index (κ3) is 4.00. The molecule has 1 heterocycles. The molecule has 0 aliphatic carbocycles. The number of rotatable bonds is 5. The number of nitriles is 2. The van der Waals surface area contributed by atoms with E-state index in [1.807, 2.05) is 42.5 Å². The van der Waals surface area contributed by atoms with Gasteiger partial charge in [0.05, 0.1) is 47.8 Å². The molecule has 1 aromatic heterocycles. The molecule has 3 N–H and O–H groups in total. The number of pyridine rings is 1. The zero-order valence-electron chi connectivity index (χ0n) is 15.6. The molecule has 7 nitrogen and oxygen atoms in total. The van der Waals surface area contributed by atoms with Gasteiger partial charge in [0.15, 0.2) is 0 Å². The third-order valence-corrected chi connectivity index (χ3v) is 4.22. The summed E-state index contributed by atoms with van der Waals surface area (Å²) in [5.41, 5.74) is 7.93. The van der Waals surface area contributed by atoms with E-state index in [1.165, 1.54) is 0 Å². The highest BCUT2D eigenvalue weighted by atomic mass is 16.5. The Morgan fingerprint density at radius 2 is 1.72 bits per heavy atom. The van der Waals surface area contributed by atoms with Crippen LogP contribution in [0.5, 0.6) is 11.5 Å². The average Bonchev–Trinajstić information content (AvgIpc) is 2.75. The van der Waals surface area contributed by atoms with Gasteiger partial charge in [-0.2, -0.15) is 10.5 Å². The van der Waals surface area contributed by atoms with Gasteiger partial charge in [-0.05, 0) is 24.3 Å². The molecular formula is C22H17N5O2. The van der Waals surface area contributed by atoms with E-state index < -0.39 is 0 Å². The fourth-order valence-electron chi connectivity index (χ4n) is 2.83. The highest BCUT2D eigenvalue weighted by Crippen LogP contribution is 2.31. The second-order valence-corrected chi connectivity index (χ2v) is 5.99. The summed E-state index contributed by atoms with van der Waals surface area (Å²) in [6.45, 7) is 0. The molecule has 0 fully saturated rings. The molecule has 0 aliphatic rings. The van der Waals surface area contributed by atoms with Crippen LogP contribution >= 0.6 is 0 Å². The van der Waals surface area contributed by atoms with Crippen LogP contribution in [0.1, 0.15) is 16.8 Å². The molecule has 0 saturated carbocycles. The zero-order chi connectivity index (χ0) is 20.8. The number of anilines is 1. The minimum absolute atomic E-state index is 0.0603. The van der Waals surface area contributed by atoms with Crippen molar-refractivity contribution in [3.63, 3.8) is 0 Å². The number of methoxy groups -OCH3 is 1. The van der Waals surface area contributed by atoms with Crippen molar-refractivity contribution in [2.45, 2.75) is 6.42 Å². The van der Waals surface area contributed by atoms with Crippen LogP contribution in [-0.4, -0.2) is 18.0 Å². The molecule has 29 heavy (non-hydrogen) atoms. The van der Waals surface area contributed by atoms with E-state index >= 15 is 0 Å². The standard InChI is InChI=1S/C22H17N5O2/c1-28-15-7-9-16(10-8-15)29-22(26)19-20(25)17(13-24)18(11-12-23)27-21(19)14-5-3-2-4-6-14/h2-10,26H,11H2,1H3,(H2,25,27). The lowest BCUT2D eigenvalue weighted by Crippen LogP contribution is -2.17. The fraction of sp³-hybridized carbons (Fsp3) is 0.0909. The van der Waals surface area contributed by atoms with Crippen molar-refractivity contribution in [2.24, 2.45) is 0 Å². The number of aromatic nitrogens is 1. The Labute approximate surface area is 168 Å². The van der Waals surface area contributed by atoms with Gasteiger partial charge in [0.25, 0.3) is 0 Å². The predicted octanol–water partition coefficient (Wildman–Crippen LogP) is 3.68. The van der Waals surface area contributed by atoms with Crippen molar-refractivity contribution < 1.29 is 9.47 Å². The first-order valence-electron chi connectivity index (χ1n) is 8.64. The molecule has 0 radical (unpaired) electrons. The zero-order valence-corrected chi connectivity index (χ0v) is 15.6. The van der Waals surface area contributed by atoms with Crippen LogP contribution in [0.3, 0.4) is 0 Å². The van der Waals surface area contributed by atoms with Crippen LogP contribution in [0.15, 0.2) is 54.6 Å². The smallest absolute Gasteiger partial charge is 0.223 e. The Bertz CT molecular complexity index is 1130. The predicted molar refractivity (Wildman–Crippen MR) is 109 cm³/mol. The summed E-state index contributed by atoms with van der Waals surface area (Å²) < 4.78 is 10.8. The molecule has 0 aliphatic heterocycles. The first-order chi connectivity index (χ1) is 14.1. The Hall–Kier alpha value is -4.36. The third-order valence-electron chi connectivity index (χ3n) is 4.22. The van der Waals surface area contributed by atoms with Gasteiger partial charge in [-0.15, -0.1) is 0 Å². The Morgan fingerprint density at radius 3 is 2.31 bits per heavy atom. The summed E-state index contributed by atoms with van der Waals surface area (Å²) >= 11 is 0. The largest absolute Gasteiger partial charge is 0.497 e. The highest BCUT2D eigenvalue weighted by molar-refractivity contribution is 6.05. The summed E-state index contributed by atoms with van der Waals surface area (Å²) in [5, 5.41) is 27.1. The number of ether oxygens (including phenoxy) is 2. The van der Waals surface area contributed by atoms with Gasteiger partial charge in [-0.1, -0.05) is 30.3 Å². The van der Waals surface area contributed by atoms with E-state index in [4.69, 9.17) is 25.9 Å². The average molecular weight is 383 g/mol. The van der Waals surface area contributed by atoms with E-state index in [1.54, 1.807) is 31.4 Å². The van der Waals surface area contributed by atoms with Crippen molar-refractivity contribution in [3.8, 4) is 34.9 Å². The SMILES string of the molecule is COc1ccc(OC(=N)c2c(-c3ccccc3)nc(CC#N)c(C#N)c2N)cc1. The summed E-state index contributed by atoms with van der Waals surface area (Å²) in [6.07, 6.45) is -0.0696. The topological polar surface area (TPSA) is 129 Å². The number of nitrogens with one attached hydrogen (secondary N) is 1. The Kier molecular flexibility index (Phi) is 5.72. The number of nitrogen functional groups attached to an aromatic ring is 1. The second kappa shape index (κ2) is 8.55. The molecular weight excluding hydrogens is 366 g/mol. The van der Waals surface area contributed by atoms with Gasteiger partial charge in [-0.3, -0.25) is 5.41 Å². The van der Waals surface area contributed by atoms with Gasteiger partial charge < -0.3 is 15.2 Å². The van der Waals surface area contributed by atoms with Crippen LogP contribution < -0.4 is 15.2 Å². The van der Waals surface area contributed by atoms with Crippen LogP contribution in [0.25, 0.3) is 11.3 Å². The molecule has 142 valence electrons. The maximum absolute atomic E-state index is 9.54. The quantitative estimate of drug-likeness (QED) is 0.511. The number of hydrogen-bond donors (Lipinski definition) is 2. The lowest BCUT2D eigenvalue weighted by Gasteiger charge is -2.16. The van der Waals surface area contributed by atoms with E-state index in [0.717, 1.165) is 0 Å². The summed E-state index contributed by atoms with van der Waals surface area (Å²) in [7, 11) is 1.56. The summed E-state index contributed by atoms with van der Waals surface area (Å²) in [4.78, 5) is 4.49. The van der Waals surface area contributed by atoms with Gasteiger partial charge in [-0.25, -0.2) is 4.98 Å². The van der Waals surface area contributed by atoms with Gasteiger partial charge in [0.2, 0.25) is 5.90 Å². The molecule has 0 atom stereocenters. The number of benzene rings is 2. The maximum Gasteiger partial charge on any atom is 0.223 e. The Morgan fingerprint density at radius 1 is 1.07 bits per heavy atom. The molecule has 0 unspecified atom stereocenters. The lowest BCUT2D eigenvalue weighted by molar-refractivity contribution is 0.414.